The van der Waals surface area contributed by atoms with Gasteiger partial charge in [-0.05, 0) is 42.5 Å². The molecule has 0 saturated heterocycles. The molecule has 1 aromatic heterocycles. The third-order valence-corrected chi connectivity index (χ3v) is 3.56. The second-order valence-corrected chi connectivity index (χ2v) is 5.07. The molecule has 0 aliphatic rings. The van der Waals surface area contributed by atoms with Crippen LogP contribution in [0.5, 0.6) is 0 Å². The fourth-order valence-corrected chi connectivity index (χ4v) is 2.34. The van der Waals surface area contributed by atoms with E-state index < -0.39 is 11.9 Å². The average molecular weight is 341 g/mol. The van der Waals surface area contributed by atoms with Crippen molar-refractivity contribution in [3.05, 3.63) is 59.4 Å². The number of amides is 1. The number of nitrogens with one attached hydrogen (secondary N) is 1. The molecule has 0 aliphatic heterocycles. The van der Waals surface area contributed by atoms with Crippen LogP contribution in [0, 0.1) is 5.82 Å². The standard InChI is InChI=1S/C17H12FN3O4/c1-25-17(24)20-16-19-13-7-4-11(8-14(13)21(16)9-22)15(23)10-2-5-12(18)6-3-10/h2-9H,1H3,(H,19,20,24). The number of carbonyl (C=O) groups excluding carboxylic acids is 3. The number of hydrogen-bond donors (Lipinski definition) is 1. The highest BCUT2D eigenvalue weighted by Crippen LogP contribution is 2.21. The number of halogens is 1. The molecule has 0 atom stereocenters. The lowest BCUT2D eigenvalue weighted by molar-refractivity contribution is 0.103. The first-order valence-corrected chi connectivity index (χ1v) is 7.16. The summed E-state index contributed by atoms with van der Waals surface area (Å²) in [5, 5.41) is 2.32. The molecule has 0 bridgehead atoms. The van der Waals surface area contributed by atoms with Gasteiger partial charge in [0, 0.05) is 11.1 Å². The Balaban J connectivity index is 2.04. The number of nitrogens with zero attached hydrogens (tertiary/aromatic N) is 2. The Kier molecular flexibility index (Phi) is 4.25. The van der Waals surface area contributed by atoms with Crippen molar-refractivity contribution < 1.29 is 23.5 Å². The molecule has 3 aromatic rings. The van der Waals surface area contributed by atoms with Gasteiger partial charge in [-0.2, -0.15) is 0 Å². The number of ether oxygens (including phenoxy) is 1. The van der Waals surface area contributed by atoms with E-state index in [-0.39, 0.29) is 11.7 Å². The second kappa shape index (κ2) is 6.52. The lowest BCUT2D eigenvalue weighted by Gasteiger charge is -2.03. The molecule has 3 rings (SSSR count). The first kappa shape index (κ1) is 16.3. The molecule has 1 N–H and O–H groups in total. The van der Waals surface area contributed by atoms with E-state index >= 15 is 0 Å². The molecule has 0 spiro atoms. The summed E-state index contributed by atoms with van der Waals surface area (Å²) in [6.07, 6.45) is -0.312. The van der Waals surface area contributed by atoms with Crippen LogP contribution in [0.1, 0.15) is 15.9 Å². The van der Waals surface area contributed by atoms with Crippen LogP contribution in [0.25, 0.3) is 11.0 Å². The van der Waals surface area contributed by atoms with Crippen LogP contribution in [0.15, 0.2) is 42.5 Å². The van der Waals surface area contributed by atoms with Gasteiger partial charge in [-0.25, -0.2) is 14.2 Å². The molecular formula is C17H12FN3O4. The van der Waals surface area contributed by atoms with Gasteiger partial charge >= 0.3 is 6.09 Å². The van der Waals surface area contributed by atoms with E-state index in [4.69, 9.17) is 0 Å². The highest BCUT2D eigenvalue weighted by atomic mass is 19.1. The highest BCUT2D eigenvalue weighted by Gasteiger charge is 2.16. The topological polar surface area (TPSA) is 90.3 Å². The molecule has 2 aromatic carbocycles. The summed E-state index contributed by atoms with van der Waals surface area (Å²) >= 11 is 0. The van der Waals surface area contributed by atoms with Crippen LogP contribution < -0.4 is 5.32 Å². The van der Waals surface area contributed by atoms with Gasteiger partial charge in [0.25, 0.3) is 0 Å². The number of fused-ring (bicyclic) bond motifs is 1. The zero-order valence-electron chi connectivity index (χ0n) is 13.0. The van der Waals surface area contributed by atoms with Crippen LogP contribution in [0.3, 0.4) is 0 Å². The number of imidazole rings is 1. The Morgan fingerprint density at radius 3 is 2.48 bits per heavy atom. The maximum Gasteiger partial charge on any atom is 0.413 e. The Hall–Kier alpha value is -3.55. The summed E-state index contributed by atoms with van der Waals surface area (Å²) in [6.45, 7) is 0. The smallest absolute Gasteiger partial charge is 0.413 e. The fourth-order valence-electron chi connectivity index (χ4n) is 2.34. The van der Waals surface area contributed by atoms with Crippen molar-refractivity contribution in [2.24, 2.45) is 0 Å². The van der Waals surface area contributed by atoms with E-state index in [9.17, 15) is 18.8 Å². The molecular weight excluding hydrogens is 329 g/mol. The van der Waals surface area contributed by atoms with Gasteiger partial charge in [0.2, 0.25) is 12.4 Å². The number of aromatic nitrogens is 2. The van der Waals surface area contributed by atoms with Crippen molar-refractivity contribution in [3.8, 4) is 0 Å². The second-order valence-electron chi connectivity index (χ2n) is 5.07. The minimum atomic E-state index is -0.777. The molecule has 0 fully saturated rings. The number of methoxy groups -OCH3 is 1. The van der Waals surface area contributed by atoms with Crippen molar-refractivity contribution in [1.82, 2.24) is 9.55 Å². The zero-order valence-corrected chi connectivity index (χ0v) is 13.0. The zero-order chi connectivity index (χ0) is 18.0. The minimum Gasteiger partial charge on any atom is -0.453 e. The van der Waals surface area contributed by atoms with Gasteiger partial charge in [-0.1, -0.05) is 0 Å². The number of carbonyl (C=O) groups is 3. The summed E-state index contributed by atoms with van der Waals surface area (Å²) in [5.41, 5.74) is 1.36. The quantitative estimate of drug-likeness (QED) is 0.582. The number of anilines is 1. The van der Waals surface area contributed by atoms with E-state index in [0.29, 0.717) is 28.6 Å². The summed E-state index contributed by atoms with van der Waals surface area (Å²) in [6, 6.07) is 9.71. The van der Waals surface area contributed by atoms with Gasteiger partial charge in [-0.3, -0.25) is 19.5 Å². The predicted octanol–water partition coefficient (Wildman–Crippen LogP) is 2.62. The third-order valence-electron chi connectivity index (χ3n) is 3.56. The molecule has 1 heterocycles. The monoisotopic (exact) mass is 341 g/mol. The van der Waals surface area contributed by atoms with E-state index in [1.165, 1.54) is 43.5 Å². The average Bonchev–Trinajstić information content (AvgIpc) is 2.97. The Bertz CT molecular complexity index is 979. The normalized spacial score (nSPS) is 10.5. The van der Waals surface area contributed by atoms with E-state index in [1.807, 2.05) is 0 Å². The molecule has 8 heteroatoms. The summed E-state index contributed by atoms with van der Waals surface area (Å²) < 4.78 is 18.6. The molecule has 126 valence electrons. The molecule has 0 radical (unpaired) electrons. The fraction of sp³-hybridized carbons (Fsp3) is 0.0588. The van der Waals surface area contributed by atoms with Gasteiger partial charge in [0.15, 0.2) is 5.78 Å². The van der Waals surface area contributed by atoms with Crippen LogP contribution >= 0.6 is 0 Å². The SMILES string of the molecule is COC(=O)Nc1nc2ccc(C(=O)c3ccc(F)cc3)cc2n1C=O. The third kappa shape index (κ3) is 3.09. The van der Waals surface area contributed by atoms with E-state index in [1.54, 1.807) is 6.07 Å². The van der Waals surface area contributed by atoms with Crippen molar-refractivity contribution >= 4 is 35.3 Å². The summed E-state index contributed by atoms with van der Waals surface area (Å²) in [7, 11) is 1.18. The molecule has 25 heavy (non-hydrogen) atoms. The Morgan fingerprint density at radius 2 is 1.84 bits per heavy atom. The lowest BCUT2D eigenvalue weighted by atomic mass is 10.0. The van der Waals surface area contributed by atoms with Crippen LogP contribution in [0.2, 0.25) is 0 Å². The van der Waals surface area contributed by atoms with Crippen LogP contribution in [0.4, 0.5) is 15.1 Å². The summed E-state index contributed by atoms with van der Waals surface area (Å²) in [4.78, 5) is 39.3. The van der Waals surface area contributed by atoms with Gasteiger partial charge in [0.1, 0.15) is 5.82 Å². The predicted molar refractivity (Wildman–Crippen MR) is 87.7 cm³/mol. The number of ketones is 1. The molecule has 0 saturated carbocycles. The van der Waals surface area contributed by atoms with Crippen molar-refractivity contribution in [1.29, 1.82) is 0 Å². The molecule has 7 nitrogen and oxygen atoms in total. The van der Waals surface area contributed by atoms with Crippen molar-refractivity contribution in [3.63, 3.8) is 0 Å². The van der Waals surface area contributed by atoms with Crippen LogP contribution in [-0.2, 0) is 9.53 Å². The number of benzene rings is 2. The maximum absolute atomic E-state index is 13.0. The number of hydrogen-bond acceptors (Lipinski definition) is 5. The van der Waals surface area contributed by atoms with E-state index in [0.717, 1.165) is 4.57 Å². The molecule has 1 amide bonds. The first-order chi connectivity index (χ1) is 12.0. The first-order valence-electron chi connectivity index (χ1n) is 7.16. The summed E-state index contributed by atoms with van der Waals surface area (Å²) in [5.74, 6) is -0.796. The molecule has 0 aliphatic carbocycles. The van der Waals surface area contributed by atoms with E-state index in [2.05, 4.69) is 15.0 Å². The largest absolute Gasteiger partial charge is 0.453 e. The van der Waals surface area contributed by atoms with Gasteiger partial charge in [-0.15, -0.1) is 0 Å². The number of rotatable bonds is 4. The lowest BCUT2D eigenvalue weighted by Crippen LogP contribution is -2.15. The minimum absolute atomic E-state index is 0.0248. The van der Waals surface area contributed by atoms with Crippen molar-refractivity contribution in [2.75, 3.05) is 12.4 Å². The molecule has 0 unspecified atom stereocenters. The van der Waals surface area contributed by atoms with Gasteiger partial charge in [0.05, 0.1) is 18.1 Å². The Labute approximate surface area is 141 Å². The maximum atomic E-state index is 13.0. The highest BCUT2D eigenvalue weighted by molar-refractivity contribution is 6.10. The Morgan fingerprint density at radius 1 is 1.16 bits per heavy atom. The van der Waals surface area contributed by atoms with Crippen molar-refractivity contribution in [2.45, 2.75) is 0 Å². The van der Waals surface area contributed by atoms with Crippen LogP contribution in [-0.4, -0.2) is 34.9 Å². The van der Waals surface area contributed by atoms with Gasteiger partial charge < -0.3 is 4.74 Å².